The fourth-order valence-electron chi connectivity index (χ4n) is 3.83. The first-order chi connectivity index (χ1) is 13.4. The summed E-state index contributed by atoms with van der Waals surface area (Å²) >= 11 is 1.46. The summed E-state index contributed by atoms with van der Waals surface area (Å²) in [6, 6.07) is 8.52. The predicted octanol–water partition coefficient (Wildman–Crippen LogP) is 2.80. The average Bonchev–Trinajstić information content (AvgIpc) is 3.21. The van der Waals surface area contributed by atoms with Crippen LogP contribution >= 0.6 is 11.3 Å². The highest BCUT2D eigenvalue weighted by molar-refractivity contribution is 7.91. The molecular formula is C20H22N2O4S2. The number of aryl methyl sites for hydroxylation is 1. The highest BCUT2D eigenvalue weighted by Crippen LogP contribution is 2.38. The highest BCUT2D eigenvalue weighted by atomic mass is 32.2. The van der Waals surface area contributed by atoms with E-state index in [1.165, 1.54) is 11.3 Å². The molecule has 4 rings (SSSR count). The number of nitrogens with one attached hydrogen (secondary N) is 2. The Morgan fingerprint density at radius 2 is 1.79 bits per heavy atom. The Kier molecular flexibility index (Phi) is 5.25. The molecular weight excluding hydrogens is 396 g/mol. The predicted molar refractivity (Wildman–Crippen MR) is 110 cm³/mol. The second-order valence-electron chi connectivity index (χ2n) is 7.31. The van der Waals surface area contributed by atoms with E-state index in [2.05, 4.69) is 10.6 Å². The lowest BCUT2D eigenvalue weighted by Crippen LogP contribution is -2.36. The SMILES string of the molecule is O=C(Nc1sc2c(c1C(=O)N[C@@H]1CCS(=O)(=O)C1)CCCC2)c1ccccc1. The number of thiophene rings is 1. The lowest BCUT2D eigenvalue weighted by atomic mass is 9.95. The molecule has 1 aromatic heterocycles. The summed E-state index contributed by atoms with van der Waals surface area (Å²) in [5, 5.41) is 6.34. The van der Waals surface area contributed by atoms with Gasteiger partial charge in [-0.15, -0.1) is 11.3 Å². The van der Waals surface area contributed by atoms with Crippen molar-refractivity contribution in [1.82, 2.24) is 5.32 Å². The van der Waals surface area contributed by atoms with Crippen molar-refractivity contribution in [2.24, 2.45) is 0 Å². The summed E-state index contributed by atoms with van der Waals surface area (Å²) < 4.78 is 23.4. The van der Waals surface area contributed by atoms with Gasteiger partial charge in [0, 0.05) is 16.5 Å². The molecule has 2 aromatic rings. The summed E-state index contributed by atoms with van der Waals surface area (Å²) in [6.07, 6.45) is 4.22. The first-order valence-electron chi connectivity index (χ1n) is 9.45. The average molecular weight is 419 g/mol. The Morgan fingerprint density at radius 3 is 2.50 bits per heavy atom. The van der Waals surface area contributed by atoms with Crippen LogP contribution in [0.1, 0.15) is 50.4 Å². The minimum atomic E-state index is -3.07. The Morgan fingerprint density at radius 1 is 1.04 bits per heavy atom. The smallest absolute Gasteiger partial charge is 0.256 e. The van der Waals surface area contributed by atoms with Crippen LogP contribution in [0.15, 0.2) is 30.3 Å². The van der Waals surface area contributed by atoms with Crippen molar-refractivity contribution in [3.05, 3.63) is 51.9 Å². The molecule has 2 aliphatic rings. The maximum absolute atomic E-state index is 13.0. The molecule has 0 spiro atoms. The molecule has 148 valence electrons. The van der Waals surface area contributed by atoms with Crippen LogP contribution in [0.3, 0.4) is 0 Å². The molecule has 0 bridgehead atoms. The van der Waals surface area contributed by atoms with Gasteiger partial charge in [-0.05, 0) is 49.8 Å². The van der Waals surface area contributed by atoms with E-state index in [9.17, 15) is 18.0 Å². The molecule has 1 aliphatic heterocycles. The van der Waals surface area contributed by atoms with Crippen LogP contribution in [0.5, 0.6) is 0 Å². The second-order valence-corrected chi connectivity index (χ2v) is 10.6. The van der Waals surface area contributed by atoms with Gasteiger partial charge in [0.05, 0.1) is 17.1 Å². The van der Waals surface area contributed by atoms with E-state index in [4.69, 9.17) is 0 Å². The largest absolute Gasteiger partial charge is 0.348 e. The number of carbonyl (C=O) groups excluding carboxylic acids is 2. The van der Waals surface area contributed by atoms with Gasteiger partial charge in [-0.1, -0.05) is 18.2 Å². The van der Waals surface area contributed by atoms with Gasteiger partial charge >= 0.3 is 0 Å². The Bertz CT molecular complexity index is 1010. The summed E-state index contributed by atoms with van der Waals surface area (Å²) in [7, 11) is -3.07. The van der Waals surface area contributed by atoms with E-state index in [-0.39, 0.29) is 29.4 Å². The van der Waals surface area contributed by atoms with Crippen LogP contribution in [0.25, 0.3) is 0 Å². The van der Waals surface area contributed by atoms with Crippen molar-refractivity contribution in [1.29, 1.82) is 0 Å². The summed E-state index contributed by atoms with van der Waals surface area (Å²) in [5.74, 6) is -0.449. The van der Waals surface area contributed by atoms with Crippen molar-refractivity contribution < 1.29 is 18.0 Å². The molecule has 8 heteroatoms. The quantitative estimate of drug-likeness (QED) is 0.799. The van der Waals surface area contributed by atoms with E-state index in [1.54, 1.807) is 24.3 Å². The molecule has 28 heavy (non-hydrogen) atoms. The third-order valence-electron chi connectivity index (χ3n) is 5.23. The van der Waals surface area contributed by atoms with Gasteiger partial charge in [-0.25, -0.2) is 8.42 Å². The number of carbonyl (C=O) groups is 2. The van der Waals surface area contributed by atoms with Gasteiger partial charge in [-0.3, -0.25) is 9.59 Å². The molecule has 1 fully saturated rings. The zero-order valence-electron chi connectivity index (χ0n) is 15.4. The first kappa shape index (κ1) is 19.1. The molecule has 6 nitrogen and oxygen atoms in total. The lowest BCUT2D eigenvalue weighted by molar-refractivity contribution is 0.0941. The number of hydrogen-bond donors (Lipinski definition) is 2. The maximum atomic E-state index is 13.0. The molecule has 2 amide bonds. The number of amides is 2. The number of anilines is 1. The zero-order valence-corrected chi connectivity index (χ0v) is 17.0. The fraction of sp³-hybridized carbons (Fsp3) is 0.400. The molecule has 0 radical (unpaired) electrons. The van der Waals surface area contributed by atoms with Crippen LogP contribution in [0.4, 0.5) is 5.00 Å². The third-order valence-corrected chi connectivity index (χ3v) is 8.20. The van der Waals surface area contributed by atoms with Gasteiger partial charge in [0.25, 0.3) is 11.8 Å². The number of hydrogen-bond acceptors (Lipinski definition) is 5. The minimum absolute atomic E-state index is 0.0171. The van der Waals surface area contributed by atoms with Crippen LogP contribution in [0.2, 0.25) is 0 Å². The fourth-order valence-corrected chi connectivity index (χ4v) is 6.78. The van der Waals surface area contributed by atoms with Gasteiger partial charge in [0.15, 0.2) is 9.84 Å². The summed E-state index contributed by atoms with van der Waals surface area (Å²) in [4.78, 5) is 26.8. The maximum Gasteiger partial charge on any atom is 0.256 e. The summed E-state index contributed by atoms with van der Waals surface area (Å²) in [5.41, 5.74) is 2.04. The van der Waals surface area contributed by atoms with Crippen molar-refractivity contribution in [2.45, 2.75) is 38.1 Å². The van der Waals surface area contributed by atoms with Crippen molar-refractivity contribution >= 4 is 38.0 Å². The van der Waals surface area contributed by atoms with Crippen molar-refractivity contribution in [3.8, 4) is 0 Å². The van der Waals surface area contributed by atoms with Gasteiger partial charge in [0.1, 0.15) is 5.00 Å². The Labute approximate surface area is 168 Å². The third kappa shape index (κ3) is 3.98. The van der Waals surface area contributed by atoms with Crippen LogP contribution in [-0.4, -0.2) is 37.8 Å². The second kappa shape index (κ2) is 7.67. The Hall–Kier alpha value is -2.19. The minimum Gasteiger partial charge on any atom is -0.348 e. The van der Waals surface area contributed by atoms with Crippen LogP contribution < -0.4 is 10.6 Å². The zero-order chi connectivity index (χ0) is 19.7. The molecule has 1 saturated heterocycles. The number of sulfone groups is 1. The number of rotatable bonds is 4. The summed E-state index contributed by atoms with van der Waals surface area (Å²) in [6.45, 7) is 0. The first-order valence-corrected chi connectivity index (χ1v) is 12.1. The standard InChI is InChI=1S/C20H22N2O4S2/c23-18(13-6-2-1-3-7-13)22-20-17(15-8-4-5-9-16(15)27-20)19(24)21-14-10-11-28(25,26)12-14/h1-3,6-7,14H,4-5,8-12H2,(H,21,24)(H,22,23)/t14-/m1/s1. The van der Waals surface area contributed by atoms with Gasteiger partial charge in [0.2, 0.25) is 0 Å². The van der Waals surface area contributed by atoms with E-state index in [0.29, 0.717) is 22.5 Å². The van der Waals surface area contributed by atoms with E-state index >= 15 is 0 Å². The molecule has 0 unspecified atom stereocenters. The molecule has 2 N–H and O–H groups in total. The van der Waals surface area contributed by atoms with Crippen molar-refractivity contribution in [3.63, 3.8) is 0 Å². The van der Waals surface area contributed by atoms with E-state index < -0.39 is 9.84 Å². The molecule has 2 heterocycles. The molecule has 1 aromatic carbocycles. The monoisotopic (exact) mass is 418 g/mol. The molecule has 1 aliphatic carbocycles. The van der Waals surface area contributed by atoms with Crippen LogP contribution in [-0.2, 0) is 22.7 Å². The van der Waals surface area contributed by atoms with E-state index in [0.717, 1.165) is 36.1 Å². The Balaban J connectivity index is 1.61. The van der Waals surface area contributed by atoms with E-state index in [1.807, 2.05) is 6.07 Å². The molecule has 1 atom stereocenters. The molecule has 0 saturated carbocycles. The normalized spacial score (nSPS) is 20.4. The van der Waals surface area contributed by atoms with Gasteiger partial charge in [-0.2, -0.15) is 0 Å². The van der Waals surface area contributed by atoms with Crippen molar-refractivity contribution in [2.75, 3.05) is 16.8 Å². The van der Waals surface area contributed by atoms with Gasteiger partial charge < -0.3 is 10.6 Å². The number of benzene rings is 1. The van der Waals surface area contributed by atoms with Crippen LogP contribution in [0, 0.1) is 0 Å². The highest BCUT2D eigenvalue weighted by Gasteiger charge is 2.32. The lowest BCUT2D eigenvalue weighted by Gasteiger charge is -2.15. The number of fused-ring (bicyclic) bond motifs is 1. The topological polar surface area (TPSA) is 92.3 Å².